The maximum absolute atomic E-state index is 12.2. The minimum absolute atomic E-state index is 0.160. The molecule has 9 heteroatoms. The summed E-state index contributed by atoms with van der Waals surface area (Å²) in [4.78, 5) is 35.3. The van der Waals surface area contributed by atoms with Crippen LogP contribution in [0.1, 0.15) is 18.1 Å². The maximum Gasteiger partial charge on any atom is 0.329 e. The average Bonchev–Trinajstić information content (AvgIpc) is 2.77. The largest absolute Gasteiger partial charge is 0.483 e. The highest BCUT2D eigenvalue weighted by Gasteiger charge is 2.11. The third-order valence-electron chi connectivity index (χ3n) is 3.96. The number of carbonyl (C=O) groups is 3. The Balaban J connectivity index is 1.95. The molecule has 2 aromatic rings. The number of benzene rings is 2. The maximum atomic E-state index is 12.2. The van der Waals surface area contributed by atoms with Crippen molar-refractivity contribution in [2.45, 2.75) is 13.3 Å². The molecule has 0 aliphatic rings. The van der Waals surface area contributed by atoms with Crippen molar-refractivity contribution in [3.63, 3.8) is 0 Å². The van der Waals surface area contributed by atoms with Gasteiger partial charge in [0.15, 0.2) is 6.61 Å². The van der Waals surface area contributed by atoms with Crippen molar-refractivity contribution in [3.8, 4) is 5.75 Å². The normalized spacial score (nSPS) is 10.4. The van der Waals surface area contributed by atoms with Gasteiger partial charge in [-0.15, -0.1) is 6.58 Å². The van der Waals surface area contributed by atoms with E-state index in [2.05, 4.69) is 34.7 Å². The lowest BCUT2D eigenvalue weighted by atomic mass is 10.1. The van der Waals surface area contributed by atoms with Crippen molar-refractivity contribution in [2.24, 2.45) is 5.10 Å². The van der Waals surface area contributed by atoms with Gasteiger partial charge in [0, 0.05) is 22.8 Å². The zero-order valence-electron chi connectivity index (χ0n) is 17.0. The van der Waals surface area contributed by atoms with E-state index in [-0.39, 0.29) is 19.1 Å². The molecule has 3 N–H and O–H groups in total. The van der Waals surface area contributed by atoms with Crippen molar-refractivity contribution < 1.29 is 19.1 Å². The molecule has 0 radical (unpaired) electrons. The van der Waals surface area contributed by atoms with Crippen molar-refractivity contribution in [1.29, 1.82) is 0 Å². The Hall–Kier alpha value is -3.65. The Labute approximate surface area is 185 Å². The van der Waals surface area contributed by atoms with Crippen molar-refractivity contribution in [2.75, 3.05) is 18.5 Å². The fourth-order valence-electron chi connectivity index (χ4n) is 2.37. The number of rotatable bonds is 9. The average molecular weight is 443 g/mol. The molecule has 0 fully saturated rings. The fraction of sp³-hybridized carbons (Fsp3) is 0.182. The Bertz CT molecular complexity index is 974. The summed E-state index contributed by atoms with van der Waals surface area (Å²) in [6.45, 7) is 5.41. The predicted octanol–water partition coefficient (Wildman–Crippen LogP) is 2.67. The van der Waals surface area contributed by atoms with E-state index in [1.807, 2.05) is 24.3 Å². The van der Waals surface area contributed by atoms with Gasteiger partial charge in [-0.1, -0.05) is 36.7 Å². The molecule has 0 aliphatic carbocycles. The van der Waals surface area contributed by atoms with Gasteiger partial charge >= 0.3 is 11.8 Å². The Kier molecular flexibility index (Phi) is 9.25. The summed E-state index contributed by atoms with van der Waals surface area (Å²) < 4.78 is 5.56. The van der Waals surface area contributed by atoms with E-state index in [1.54, 1.807) is 18.2 Å². The van der Waals surface area contributed by atoms with E-state index in [9.17, 15) is 14.4 Å². The van der Waals surface area contributed by atoms with E-state index >= 15 is 0 Å². The molecule has 2 rings (SSSR count). The number of hydrazone groups is 1. The third kappa shape index (κ3) is 7.94. The van der Waals surface area contributed by atoms with Crippen LogP contribution in [-0.4, -0.2) is 37.1 Å². The molecule has 0 bridgehead atoms. The van der Waals surface area contributed by atoms with E-state index in [0.717, 1.165) is 6.42 Å². The molecule has 0 atom stereocenters. The van der Waals surface area contributed by atoms with Gasteiger partial charge in [-0.3, -0.25) is 14.4 Å². The molecule has 31 heavy (non-hydrogen) atoms. The first-order chi connectivity index (χ1) is 14.9. The fourth-order valence-corrected chi connectivity index (χ4v) is 2.55. The molecule has 0 saturated heterocycles. The second-order valence-corrected chi connectivity index (χ2v) is 6.70. The van der Waals surface area contributed by atoms with Gasteiger partial charge in [0.2, 0.25) is 0 Å². The van der Waals surface area contributed by atoms with Gasteiger partial charge in [0.1, 0.15) is 5.75 Å². The molecule has 0 unspecified atom stereocenters. The SMILES string of the molecule is C=CCNC(=O)C(=O)N/N=C\c1cc(Cl)ccc1OCC(=O)Nc1ccc(CC)cc1. The van der Waals surface area contributed by atoms with E-state index in [0.29, 0.717) is 22.0 Å². The number of nitrogens with one attached hydrogen (secondary N) is 3. The summed E-state index contributed by atoms with van der Waals surface area (Å²) in [6.07, 6.45) is 3.62. The number of hydrogen-bond donors (Lipinski definition) is 3. The van der Waals surface area contributed by atoms with Gasteiger partial charge < -0.3 is 15.4 Å². The molecule has 162 valence electrons. The summed E-state index contributed by atoms with van der Waals surface area (Å²) >= 11 is 6.00. The lowest BCUT2D eigenvalue weighted by Gasteiger charge is -2.10. The highest BCUT2D eigenvalue weighted by molar-refractivity contribution is 6.35. The van der Waals surface area contributed by atoms with Crippen LogP contribution in [0.15, 0.2) is 60.2 Å². The Morgan fingerprint density at radius 2 is 1.87 bits per heavy atom. The summed E-state index contributed by atoms with van der Waals surface area (Å²) in [5.74, 6) is -1.79. The lowest BCUT2D eigenvalue weighted by Crippen LogP contribution is -2.37. The number of hydrogen-bond acceptors (Lipinski definition) is 5. The lowest BCUT2D eigenvalue weighted by molar-refractivity contribution is -0.139. The number of amides is 3. The van der Waals surface area contributed by atoms with Crippen LogP contribution in [0.5, 0.6) is 5.75 Å². The molecule has 0 heterocycles. The van der Waals surface area contributed by atoms with Crippen molar-refractivity contribution in [3.05, 3.63) is 71.3 Å². The molecule has 0 aromatic heterocycles. The molecular weight excluding hydrogens is 420 g/mol. The molecule has 0 aliphatic heterocycles. The quantitative estimate of drug-likeness (QED) is 0.240. The minimum atomic E-state index is -0.934. The smallest absolute Gasteiger partial charge is 0.329 e. The number of carbonyl (C=O) groups excluding carboxylic acids is 3. The van der Waals surface area contributed by atoms with Crippen LogP contribution < -0.4 is 20.8 Å². The zero-order chi connectivity index (χ0) is 22.6. The molecule has 2 aromatic carbocycles. The van der Waals surface area contributed by atoms with Crippen LogP contribution in [0.4, 0.5) is 5.69 Å². The second-order valence-electron chi connectivity index (χ2n) is 6.27. The van der Waals surface area contributed by atoms with E-state index in [1.165, 1.54) is 17.9 Å². The van der Waals surface area contributed by atoms with Gasteiger partial charge in [-0.05, 0) is 42.3 Å². The number of aryl methyl sites for hydroxylation is 1. The summed E-state index contributed by atoms with van der Waals surface area (Å²) in [7, 11) is 0. The first kappa shape index (κ1) is 23.6. The number of nitrogens with zero attached hydrogens (tertiary/aromatic N) is 1. The Morgan fingerprint density at radius 3 is 2.55 bits per heavy atom. The highest BCUT2D eigenvalue weighted by Crippen LogP contribution is 2.21. The van der Waals surface area contributed by atoms with Gasteiger partial charge in [0.05, 0.1) is 6.21 Å². The first-order valence-electron chi connectivity index (χ1n) is 9.46. The highest BCUT2D eigenvalue weighted by atomic mass is 35.5. The van der Waals surface area contributed by atoms with Crippen LogP contribution in [0.2, 0.25) is 5.02 Å². The van der Waals surface area contributed by atoms with Crippen LogP contribution >= 0.6 is 11.6 Å². The number of halogens is 1. The van der Waals surface area contributed by atoms with Crippen LogP contribution in [0, 0.1) is 0 Å². The van der Waals surface area contributed by atoms with E-state index < -0.39 is 11.8 Å². The standard InChI is InChI=1S/C22H23ClN4O4/c1-3-11-24-21(29)22(30)27-25-13-16-12-17(23)7-10-19(16)31-14-20(28)26-18-8-5-15(4-2)6-9-18/h3,5-10,12-13H,1,4,11,14H2,2H3,(H,24,29)(H,26,28)(H,27,30)/b25-13-. The zero-order valence-corrected chi connectivity index (χ0v) is 17.7. The third-order valence-corrected chi connectivity index (χ3v) is 4.19. The molecule has 3 amide bonds. The summed E-state index contributed by atoms with van der Waals surface area (Å²) in [5.41, 5.74) is 4.35. The van der Waals surface area contributed by atoms with Crippen molar-refractivity contribution in [1.82, 2.24) is 10.7 Å². The van der Waals surface area contributed by atoms with Crippen LogP contribution in [0.25, 0.3) is 0 Å². The van der Waals surface area contributed by atoms with Crippen molar-refractivity contribution >= 4 is 41.2 Å². The summed E-state index contributed by atoms with van der Waals surface area (Å²) in [5, 5.41) is 9.22. The molecule has 8 nitrogen and oxygen atoms in total. The topological polar surface area (TPSA) is 109 Å². The molecular formula is C22H23ClN4O4. The van der Waals surface area contributed by atoms with Crippen LogP contribution in [0.3, 0.4) is 0 Å². The van der Waals surface area contributed by atoms with Crippen LogP contribution in [-0.2, 0) is 20.8 Å². The second kappa shape index (κ2) is 12.1. The van der Waals surface area contributed by atoms with Gasteiger partial charge in [-0.2, -0.15) is 5.10 Å². The van der Waals surface area contributed by atoms with Gasteiger partial charge in [0.25, 0.3) is 5.91 Å². The number of anilines is 1. The number of ether oxygens (including phenoxy) is 1. The van der Waals surface area contributed by atoms with E-state index in [4.69, 9.17) is 16.3 Å². The predicted molar refractivity (Wildman–Crippen MR) is 120 cm³/mol. The van der Waals surface area contributed by atoms with Gasteiger partial charge in [-0.25, -0.2) is 5.43 Å². The Morgan fingerprint density at radius 1 is 1.13 bits per heavy atom. The first-order valence-corrected chi connectivity index (χ1v) is 9.84. The minimum Gasteiger partial charge on any atom is -0.483 e. The molecule has 0 spiro atoms. The molecule has 0 saturated carbocycles. The summed E-state index contributed by atoms with van der Waals surface area (Å²) in [6, 6.07) is 12.2. The monoisotopic (exact) mass is 442 g/mol.